The minimum Gasteiger partial charge on any atom is -0.364 e. The largest absolute Gasteiger partial charge is 0.405 e. The molecule has 1 aromatic carbocycles. The second-order valence-electron chi connectivity index (χ2n) is 4.87. The molecule has 1 aliphatic rings. The van der Waals surface area contributed by atoms with Gasteiger partial charge in [-0.1, -0.05) is 23.7 Å². The van der Waals surface area contributed by atoms with Crippen LogP contribution in [0.5, 0.6) is 0 Å². The van der Waals surface area contributed by atoms with E-state index in [4.69, 9.17) is 11.6 Å². The third kappa shape index (κ3) is 4.28. The van der Waals surface area contributed by atoms with E-state index in [-0.39, 0.29) is 0 Å². The van der Waals surface area contributed by atoms with Crippen molar-refractivity contribution in [1.82, 2.24) is 5.32 Å². The summed E-state index contributed by atoms with van der Waals surface area (Å²) in [5.74, 6) is 0. The number of benzene rings is 1. The van der Waals surface area contributed by atoms with Crippen molar-refractivity contribution in [3.63, 3.8) is 0 Å². The molecule has 0 atom stereocenters. The Labute approximate surface area is 115 Å². The molecule has 19 heavy (non-hydrogen) atoms. The third-order valence-corrected chi connectivity index (χ3v) is 3.33. The van der Waals surface area contributed by atoms with E-state index in [1.54, 1.807) is 12.1 Å². The van der Waals surface area contributed by atoms with Crippen LogP contribution in [-0.4, -0.2) is 25.8 Å². The van der Waals surface area contributed by atoms with Crippen molar-refractivity contribution in [2.24, 2.45) is 0 Å². The summed E-state index contributed by atoms with van der Waals surface area (Å²) in [5, 5.41) is 3.64. The Morgan fingerprint density at radius 1 is 1.37 bits per heavy atom. The maximum atomic E-state index is 12.5. The summed E-state index contributed by atoms with van der Waals surface area (Å²) in [6.07, 6.45) is -1.97. The van der Waals surface area contributed by atoms with Gasteiger partial charge in [-0.25, -0.2) is 0 Å². The van der Waals surface area contributed by atoms with Gasteiger partial charge in [0.2, 0.25) is 0 Å². The van der Waals surface area contributed by atoms with Gasteiger partial charge in [-0.2, -0.15) is 13.2 Å². The third-order valence-electron chi connectivity index (χ3n) is 3.03. The monoisotopic (exact) mass is 292 g/mol. The average Bonchev–Trinajstić information content (AvgIpc) is 3.07. The Kier molecular flexibility index (Phi) is 4.26. The lowest BCUT2D eigenvalue weighted by atomic mass is 10.1. The van der Waals surface area contributed by atoms with Gasteiger partial charge >= 0.3 is 6.18 Å². The molecule has 0 saturated heterocycles. The normalized spacial score (nSPS) is 15.6. The highest BCUT2D eigenvalue weighted by atomic mass is 35.5. The predicted molar refractivity (Wildman–Crippen MR) is 70.6 cm³/mol. The van der Waals surface area contributed by atoms with E-state index in [0.717, 1.165) is 23.3 Å². The van der Waals surface area contributed by atoms with E-state index >= 15 is 0 Å². The van der Waals surface area contributed by atoms with E-state index in [1.807, 2.05) is 6.07 Å². The van der Waals surface area contributed by atoms with Crippen molar-refractivity contribution < 1.29 is 13.2 Å². The number of nitrogens with zero attached hydrogens (tertiary/aromatic N) is 1. The maximum Gasteiger partial charge on any atom is 0.405 e. The van der Waals surface area contributed by atoms with Gasteiger partial charge in [-0.3, -0.25) is 0 Å². The Balaban J connectivity index is 2.15. The van der Waals surface area contributed by atoms with Gasteiger partial charge in [0.15, 0.2) is 0 Å². The van der Waals surface area contributed by atoms with Crippen LogP contribution in [-0.2, 0) is 6.54 Å². The molecule has 0 radical (unpaired) electrons. The zero-order valence-electron chi connectivity index (χ0n) is 10.6. The SMILES string of the molecule is CN(CC(F)(F)F)c1c(Cl)cccc1CNC1CC1. The zero-order valence-corrected chi connectivity index (χ0v) is 11.4. The highest BCUT2D eigenvalue weighted by Crippen LogP contribution is 2.32. The Bertz CT molecular complexity index is 444. The van der Waals surface area contributed by atoms with Gasteiger partial charge < -0.3 is 10.2 Å². The molecule has 0 bridgehead atoms. The molecule has 2 rings (SSSR count). The molecule has 1 aromatic rings. The first kappa shape index (κ1) is 14.5. The summed E-state index contributed by atoms with van der Waals surface area (Å²) in [7, 11) is 1.41. The van der Waals surface area contributed by atoms with Crippen LogP contribution in [0.1, 0.15) is 18.4 Å². The summed E-state index contributed by atoms with van der Waals surface area (Å²) < 4.78 is 37.4. The summed E-state index contributed by atoms with van der Waals surface area (Å²) in [6.45, 7) is -0.462. The topological polar surface area (TPSA) is 15.3 Å². The number of nitrogens with one attached hydrogen (secondary N) is 1. The Hall–Kier alpha value is -0.940. The molecular formula is C13H16ClF3N2. The standard InChI is InChI=1S/C13H16ClF3N2/c1-19(8-13(15,16)17)12-9(3-2-4-11(12)14)7-18-10-5-6-10/h2-4,10,18H,5-8H2,1H3. The first-order valence-corrected chi connectivity index (χ1v) is 6.53. The molecule has 106 valence electrons. The molecule has 1 N–H and O–H groups in total. The fourth-order valence-electron chi connectivity index (χ4n) is 2.02. The number of para-hydroxylation sites is 1. The van der Waals surface area contributed by atoms with Gasteiger partial charge in [0.05, 0.1) is 10.7 Å². The summed E-state index contributed by atoms with van der Waals surface area (Å²) in [5.41, 5.74) is 1.25. The van der Waals surface area contributed by atoms with E-state index in [2.05, 4.69) is 5.32 Å². The van der Waals surface area contributed by atoms with Crippen molar-refractivity contribution in [3.8, 4) is 0 Å². The van der Waals surface area contributed by atoms with Crippen molar-refractivity contribution in [2.45, 2.75) is 31.6 Å². The van der Waals surface area contributed by atoms with Crippen LogP contribution in [0.15, 0.2) is 18.2 Å². The van der Waals surface area contributed by atoms with Crippen LogP contribution in [0.3, 0.4) is 0 Å². The van der Waals surface area contributed by atoms with Crippen LogP contribution in [0, 0.1) is 0 Å². The summed E-state index contributed by atoms with van der Waals surface area (Å²) >= 11 is 6.05. The van der Waals surface area contributed by atoms with Crippen LogP contribution in [0.2, 0.25) is 5.02 Å². The molecule has 0 heterocycles. The van der Waals surface area contributed by atoms with Crippen LogP contribution < -0.4 is 10.2 Å². The predicted octanol–water partition coefficient (Wildman–Crippen LogP) is 3.59. The summed E-state index contributed by atoms with van der Waals surface area (Å²) in [6, 6.07) is 5.69. The Morgan fingerprint density at radius 2 is 2.05 bits per heavy atom. The lowest BCUT2D eigenvalue weighted by molar-refractivity contribution is -0.119. The molecular weight excluding hydrogens is 277 g/mol. The number of hydrogen-bond acceptors (Lipinski definition) is 2. The zero-order chi connectivity index (χ0) is 14.0. The Morgan fingerprint density at radius 3 is 2.63 bits per heavy atom. The van der Waals surface area contributed by atoms with Crippen LogP contribution >= 0.6 is 11.6 Å². The van der Waals surface area contributed by atoms with Crippen molar-refractivity contribution in [2.75, 3.05) is 18.5 Å². The molecule has 2 nitrogen and oxygen atoms in total. The molecule has 1 aliphatic carbocycles. The van der Waals surface area contributed by atoms with Gasteiger partial charge in [0, 0.05) is 19.6 Å². The van der Waals surface area contributed by atoms with Gasteiger partial charge in [0.1, 0.15) is 6.54 Å². The molecule has 0 aromatic heterocycles. The number of rotatable bonds is 5. The molecule has 1 saturated carbocycles. The smallest absolute Gasteiger partial charge is 0.364 e. The fourth-order valence-corrected chi connectivity index (χ4v) is 2.36. The number of alkyl halides is 3. The second-order valence-corrected chi connectivity index (χ2v) is 5.28. The highest BCUT2D eigenvalue weighted by Gasteiger charge is 2.31. The van der Waals surface area contributed by atoms with E-state index in [1.165, 1.54) is 7.05 Å². The van der Waals surface area contributed by atoms with Gasteiger partial charge in [-0.15, -0.1) is 0 Å². The first-order valence-electron chi connectivity index (χ1n) is 6.15. The minimum atomic E-state index is -4.24. The van der Waals surface area contributed by atoms with Crippen molar-refractivity contribution in [3.05, 3.63) is 28.8 Å². The molecule has 1 fully saturated rings. The fraction of sp³-hybridized carbons (Fsp3) is 0.538. The minimum absolute atomic E-state index is 0.349. The second kappa shape index (κ2) is 5.59. The number of hydrogen-bond donors (Lipinski definition) is 1. The number of anilines is 1. The summed E-state index contributed by atoms with van der Waals surface area (Å²) in [4.78, 5) is 1.16. The maximum absolute atomic E-state index is 12.5. The van der Waals surface area contributed by atoms with E-state index in [9.17, 15) is 13.2 Å². The van der Waals surface area contributed by atoms with Crippen LogP contribution in [0.25, 0.3) is 0 Å². The van der Waals surface area contributed by atoms with E-state index < -0.39 is 12.7 Å². The molecule has 0 unspecified atom stereocenters. The highest BCUT2D eigenvalue weighted by molar-refractivity contribution is 6.33. The first-order chi connectivity index (χ1) is 8.87. The number of halogens is 4. The quantitative estimate of drug-likeness (QED) is 0.892. The lowest BCUT2D eigenvalue weighted by Crippen LogP contribution is -2.32. The van der Waals surface area contributed by atoms with Crippen LogP contribution in [0.4, 0.5) is 18.9 Å². The lowest BCUT2D eigenvalue weighted by Gasteiger charge is -2.25. The van der Waals surface area contributed by atoms with Crippen molar-refractivity contribution >= 4 is 17.3 Å². The molecule has 6 heteroatoms. The van der Waals surface area contributed by atoms with Crippen molar-refractivity contribution in [1.29, 1.82) is 0 Å². The average molecular weight is 293 g/mol. The van der Waals surface area contributed by atoms with E-state index in [0.29, 0.717) is 23.3 Å². The molecule has 0 aliphatic heterocycles. The molecule has 0 amide bonds. The van der Waals surface area contributed by atoms with Gasteiger partial charge in [-0.05, 0) is 24.5 Å². The van der Waals surface area contributed by atoms with Gasteiger partial charge in [0.25, 0.3) is 0 Å². The molecule has 0 spiro atoms.